The van der Waals surface area contributed by atoms with Crippen LogP contribution < -0.4 is 9.80 Å². The summed E-state index contributed by atoms with van der Waals surface area (Å²) < 4.78 is 18.9. The van der Waals surface area contributed by atoms with Crippen LogP contribution in [0.3, 0.4) is 0 Å². The second kappa shape index (κ2) is 17.0. The van der Waals surface area contributed by atoms with Gasteiger partial charge in [-0.1, -0.05) is 109 Å². The molecule has 0 saturated heterocycles. The lowest BCUT2D eigenvalue weighted by molar-refractivity contribution is 0.669. The highest BCUT2D eigenvalue weighted by molar-refractivity contribution is 7.26. The van der Waals surface area contributed by atoms with E-state index in [9.17, 15) is 0 Å². The Labute approximate surface area is 444 Å². The van der Waals surface area contributed by atoms with Crippen LogP contribution in [0, 0.1) is 0 Å². The number of rotatable bonds is 8. The fourth-order valence-electron chi connectivity index (χ4n) is 11.6. The molecule has 0 spiro atoms. The number of nitrogens with zero attached hydrogens (tertiary/aromatic N) is 2. The van der Waals surface area contributed by atoms with Gasteiger partial charge in [0.1, 0.15) is 22.3 Å². The van der Waals surface area contributed by atoms with E-state index in [0.717, 1.165) is 111 Å². The van der Waals surface area contributed by atoms with Crippen molar-refractivity contribution in [1.82, 2.24) is 0 Å². The molecule has 4 aromatic heterocycles. The molecule has 16 rings (SSSR count). The minimum absolute atomic E-state index is 0.857. The molecule has 0 aliphatic heterocycles. The number of furan rings is 2. The maximum atomic E-state index is 6.83. The van der Waals surface area contributed by atoms with Crippen LogP contribution in [0.1, 0.15) is 0 Å². The number of para-hydroxylation sites is 2. The summed E-state index contributed by atoms with van der Waals surface area (Å²) in [4.78, 5) is 4.68. The van der Waals surface area contributed by atoms with E-state index in [-0.39, 0.29) is 0 Å². The van der Waals surface area contributed by atoms with Crippen LogP contribution in [0.25, 0.3) is 117 Å². The van der Waals surface area contributed by atoms with Crippen molar-refractivity contribution in [2.45, 2.75) is 0 Å². The number of fused-ring (bicyclic) bond motifs is 15. The van der Waals surface area contributed by atoms with Crippen molar-refractivity contribution in [2.75, 3.05) is 9.80 Å². The molecule has 0 unspecified atom stereocenters. The molecular weight excluding hydrogens is 965 g/mol. The summed E-state index contributed by atoms with van der Waals surface area (Å²) in [6.45, 7) is 0. The average Bonchev–Trinajstić information content (AvgIpc) is 4.29. The largest absolute Gasteiger partial charge is 0.455 e. The summed E-state index contributed by atoms with van der Waals surface area (Å²) in [5, 5.41) is 11.6. The first-order valence-electron chi connectivity index (χ1n) is 25.6. The molecule has 0 radical (unpaired) electrons. The molecule has 0 aliphatic carbocycles. The molecule has 0 saturated carbocycles. The average molecular weight is 1010 g/mol. The fourth-order valence-corrected chi connectivity index (χ4v) is 13.8. The Balaban J connectivity index is 0.713. The van der Waals surface area contributed by atoms with Crippen molar-refractivity contribution in [3.63, 3.8) is 0 Å². The van der Waals surface area contributed by atoms with Gasteiger partial charge >= 0.3 is 0 Å². The first-order valence-corrected chi connectivity index (χ1v) is 27.2. The summed E-state index contributed by atoms with van der Waals surface area (Å²) in [7, 11) is 0. The van der Waals surface area contributed by atoms with Gasteiger partial charge < -0.3 is 18.6 Å². The van der Waals surface area contributed by atoms with E-state index in [4.69, 9.17) is 8.83 Å². The van der Waals surface area contributed by atoms with Crippen LogP contribution in [0.15, 0.2) is 264 Å². The fraction of sp³-hybridized carbons (Fsp3) is 0. The van der Waals surface area contributed by atoms with Gasteiger partial charge in [0.05, 0.1) is 0 Å². The van der Waals surface area contributed by atoms with Crippen LogP contribution in [0.2, 0.25) is 0 Å². The van der Waals surface area contributed by atoms with E-state index < -0.39 is 0 Å². The predicted molar refractivity (Wildman–Crippen MR) is 325 cm³/mol. The number of hydrogen-bond donors (Lipinski definition) is 0. The van der Waals surface area contributed by atoms with Crippen molar-refractivity contribution in [1.29, 1.82) is 0 Å². The zero-order valence-electron chi connectivity index (χ0n) is 40.8. The van der Waals surface area contributed by atoms with Crippen molar-refractivity contribution in [3.05, 3.63) is 255 Å². The van der Waals surface area contributed by atoms with Crippen LogP contribution in [-0.2, 0) is 0 Å². The van der Waals surface area contributed by atoms with E-state index in [1.54, 1.807) is 0 Å². The van der Waals surface area contributed by atoms with Gasteiger partial charge in [0, 0.05) is 107 Å². The maximum Gasteiger partial charge on any atom is 0.143 e. The molecule has 0 aliphatic rings. The molecule has 6 heteroatoms. The summed E-state index contributed by atoms with van der Waals surface area (Å²) in [6.07, 6.45) is 0. The lowest BCUT2D eigenvalue weighted by Crippen LogP contribution is -2.09. The monoisotopic (exact) mass is 1010 g/mol. The van der Waals surface area contributed by atoms with E-state index in [1.165, 1.54) is 40.3 Å². The quantitative estimate of drug-likeness (QED) is 0.152. The Bertz CT molecular complexity index is 4620. The summed E-state index contributed by atoms with van der Waals surface area (Å²) >= 11 is 3.69. The lowest BCUT2D eigenvalue weighted by Gasteiger charge is -2.25. The molecule has 4 nitrogen and oxygen atoms in total. The second-order valence-electron chi connectivity index (χ2n) is 19.6. The Morgan fingerprint density at radius 3 is 0.987 bits per heavy atom. The van der Waals surface area contributed by atoms with Crippen molar-refractivity contribution >= 4 is 152 Å². The number of anilines is 6. The molecule has 16 aromatic rings. The van der Waals surface area contributed by atoms with Crippen LogP contribution in [0.4, 0.5) is 34.1 Å². The van der Waals surface area contributed by atoms with E-state index in [0.29, 0.717) is 0 Å². The SMILES string of the molecule is c1ccc(N(c2ccc(-c3ccc4c(c3)oc3c4ccc4c3ccc3c5ccc(-c6ccc(N(c7ccccc7)c7ccc8sc9ccccc9c8c7)cc6)cc5oc34)cc2)c2ccc3sc4ccccc4c3c2)cc1. The molecule has 0 N–H and O–H groups in total. The number of thiophene rings is 2. The van der Waals surface area contributed by atoms with Crippen molar-refractivity contribution in [3.8, 4) is 22.3 Å². The van der Waals surface area contributed by atoms with Crippen LogP contribution in [-0.4, -0.2) is 0 Å². The van der Waals surface area contributed by atoms with Gasteiger partial charge in [0.25, 0.3) is 0 Å². The Morgan fingerprint density at radius 2 is 0.553 bits per heavy atom. The molecule has 12 aromatic carbocycles. The predicted octanol–water partition coefficient (Wildman–Crippen LogP) is 21.6. The van der Waals surface area contributed by atoms with Gasteiger partial charge in [0.2, 0.25) is 0 Å². The number of benzene rings is 12. The lowest BCUT2D eigenvalue weighted by atomic mass is 10.00. The topological polar surface area (TPSA) is 32.8 Å². The van der Waals surface area contributed by atoms with Gasteiger partial charge in [-0.3, -0.25) is 0 Å². The van der Waals surface area contributed by atoms with Gasteiger partial charge in [-0.15, -0.1) is 22.7 Å². The molecular formula is C70H42N2O2S2. The van der Waals surface area contributed by atoms with Crippen molar-refractivity contribution in [2.24, 2.45) is 0 Å². The van der Waals surface area contributed by atoms with Gasteiger partial charge in [0.15, 0.2) is 0 Å². The zero-order valence-corrected chi connectivity index (χ0v) is 42.4. The highest BCUT2D eigenvalue weighted by atomic mass is 32.1. The van der Waals surface area contributed by atoms with Crippen LogP contribution >= 0.6 is 22.7 Å². The minimum atomic E-state index is 0.857. The maximum absolute atomic E-state index is 6.83. The van der Waals surface area contributed by atoms with Crippen molar-refractivity contribution < 1.29 is 8.83 Å². The standard InChI is InChI=1S/C70H42N2O2S2/c1-3-11-47(12-4-1)71(51-29-37-67-61(41-51)55-15-7-9-17-65(55)75-67)49-25-19-43(20-26-49)45-23-31-53-57-33-35-60-59(69(57)73-63(53)39-45)36-34-58-54-32-24-46(40-64(54)74-70(58)60)44-21-27-50(28-22-44)72(48-13-5-2-6-14-48)52-30-38-68-62(42-52)56-16-8-10-18-66(56)76-68/h1-42H. The summed E-state index contributed by atoms with van der Waals surface area (Å²) in [6, 6.07) is 92.0. The third-order valence-electron chi connectivity index (χ3n) is 15.3. The van der Waals surface area contributed by atoms with Gasteiger partial charge in [-0.2, -0.15) is 0 Å². The van der Waals surface area contributed by atoms with E-state index in [2.05, 4.69) is 265 Å². The Morgan fingerprint density at radius 1 is 0.224 bits per heavy atom. The third kappa shape index (κ3) is 6.89. The molecule has 0 bridgehead atoms. The van der Waals surface area contributed by atoms with E-state index in [1.807, 2.05) is 22.7 Å². The first kappa shape index (κ1) is 43.0. The molecule has 0 atom stereocenters. The minimum Gasteiger partial charge on any atom is -0.455 e. The smallest absolute Gasteiger partial charge is 0.143 e. The molecule has 4 heterocycles. The van der Waals surface area contributed by atoms with Crippen LogP contribution in [0.5, 0.6) is 0 Å². The third-order valence-corrected chi connectivity index (χ3v) is 17.6. The Kier molecular flexibility index (Phi) is 9.64. The molecule has 0 amide bonds. The van der Waals surface area contributed by atoms with Gasteiger partial charge in [-0.05, 0) is 168 Å². The van der Waals surface area contributed by atoms with Gasteiger partial charge in [-0.25, -0.2) is 0 Å². The second-order valence-corrected chi connectivity index (χ2v) is 21.8. The number of hydrogen-bond acceptors (Lipinski definition) is 6. The highest BCUT2D eigenvalue weighted by Crippen LogP contribution is 2.45. The molecule has 0 fully saturated rings. The Hall–Kier alpha value is -9.46. The normalized spacial score (nSPS) is 11.9. The summed E-state index contributed by atoms with van der Waals surface area (Å²) in [5.74, 6) is 0. The molecule has 76 heavy (non-hydrogen) atoms. The zero-order chi connectivity index (χ0) is 49.8. The molecule has 356 valence electrons. The van der Waals surface area contributed by atoms with E-state index >= 15 is 0 Å². The summed E-state index contributed by atoms with van der Waals surface area (Å²) in [5.41, 5.74) is 14.6. The highest BCUT2D eigenvalue weighted by Gasteiger charge is 2.20. The first-order chi connectivity index (χ1) is 37.6.